The van der Waals surface area contributed by atoms with Gasteiger partial charge in [0.2, 0.25) is 0 Å². The van der Waals surface area contributed by atoms with Crippen LogP contribution in [0.15, 0.2) is 29.3 Å². The Hall–Kier alpha value is -2.30. The Labute approximate surface area is 111 Å². The van der Waals surface area contributed by atoms with E-state index in [9.17, 15) is 9.90 Å². The summed E-state index contributed by atoms with van der Waals surface area (Å²) in [7, 11) is 1.43. The van der Waals surface area contributed by atoms with Crippen LogP contribution in [0.4, 0.5) is 5.69 Å². The summed E-state index contributed by atoms with van der Waals surface area (Å²) >= 11 is 0. The third-order valence-electron chi connectivity index (χ3n) is 3.13. The average Bonchev–Trinajstić information content (AvgIpc) is 2.84. The summed E-state index contributed by atoms with van der Waals surface area (Å²) in [6.07, 6.45) is 0.817. The van der Waals surface area contributed by atoms with Crippen molar-refractivity contribution in [2.24, 2.45) is 4.99 Å². The molecule has 0 spiro atoms. The highest BCUT2D eigenvalue weighted by Gasteiger charge is 2.24. The van der Waals surface area contributed by atoms with E-state index in [0.29, 0.717) is 24.3 Å². The lowest BCUT2D eigenvalue weighted by atomic mass is 10.1. The van der Waals surface area contributed by atoms with E-state index >= 15 is 0 Å². The second-order valence-corrected chi connectivity index (χ2v) is 4.43. The fourth-order valence-electron chi connectivity index (χ4n) is 2.09. The van der Waals surface area contributed by atoms with Crippen LogP contribution in [0.5, 0.6) is 11.5 Å². The van der Waals surface area contributed by atoms with Gasteiger partial charge in [0.05, 0.1) is 18.4 Å². The number of rotatable bonds is 3. The first-order chi connectivity index (χ1) is 9.06. The van der Waals surface area contributed by atoms with Gasteiger partial charge in [-0.25, -0.2) is 0 Å². The van der Waals surface area contributed by atoms with Crippen molar-refractivity contribution >= 4 is 18.3 Å². The minimum absolute atomic E-state index is 0.0627. The van der Waals surface area contributed by atoms with Crippen LogP contribution in [0, 0.1) is 0 Å². The van der Waals surface area contributed by atoms with Gasteiger partial charge in [-0.05, 0) is 19.2 Å². The van der Waals surface area contributed by atoms with Crippen molar-refractivity contribution in [2.45, 2.75) is 6.42 Å². The summed E-state index contributed by atoms with van der Waals surface area (Å²) in [5.41, 5.74) is 1.76. The van der Waals surface area contributed by atoms with E-state index < -0.39 is 0 Å². The molecule has 1 heterocycles. The Morgan fingerprint density at radius 1 is 1.53 bits per heavy atom. The fourth-order valence-corrected chi connectivity index (χ4v) is 2.09. The van der Waals surface area contributed by atoms with E-state index in [0.717, 1.165) is 12.0 Å². The Balaban J connectivity index is 2.40. The molecule has 100 valence electrons. The Morgan fingerprint density at radius 3 is 2.79 bits per heavy atom. The number of aromatic hydroxyl groups is 1. The topological polar surface area (TPSA) is 62.1 Å². The molecule has 1 N–H and O–H groups in total. The molecule has 1 fully saturated rings. The summed E-state index contributed by atoms with van der Waals surface area (Å²) in [6.45, 7) is 8.50. The van der Waals surface area contributed by atoms with Gasteiger partial charge >= 0.3 is 0 Å². The molecule has 0 aliphatic carbocycles. The van der Waals surface area contributed by atoms with Crippen LogP contribution in [-0.4, -0.2) is 42.8 Å². The molecule has 0 atom stereocenters. The quantitative estimate of drug-likeness (QED) is 0.669. The molecular weight excluding hydrogens is 244 g/mol. The van der Waals surface area contributed by atoms with Crippen molar-refractivity contribution in [2.75, 3.05) is 20.2 Å². The Kier molecular flexibility index (Phi) is 3.55. The van der Waals surface area contributed by atoms with Crippen molar-refractivity contribution in [1.82, 2.24) is 4.90 Å². The number of likely N-dealkylation sites (tertiary alicyclic amines) is 1. The number of amides is 1. The van der Waals surface area contributed by atoms with E-state index in [4.69, 9.17) is 4.74 Å². The summed E-state index contributed by atoms with van der Waals surface area (Å²) in [4.78, 5) is 17.9. The number of phenolic OH excluding ortho intramolecular Hbond substituents is 1. The lowest BCUT2D eigenvalue weighted by Gasteiger charge is -2.17. The molecule has 1 saturated heterocycles. The van der Waals surface area contributed by atoms with Crippen molar-refractivity contribution in [3.05, 3.63) is 29.8 Å². The lowest BCUT2D eigenvalue weighted by molar-refractivity contribution is 0.0796. The highest BCUT2D eigenvalue weighted by Crippen LogP contribution is 2.34. The summed E-state index contributed by atoms with van der Waals surface area (Å²) in [5, 5.41) is 9.68. The zero-order valence-corrected chi connectivity index (χ0v) is 10.8. The maximum Gasteiger partial charge on any atom is 0.256 e. The number of ether oxygens (including phenoxy) is 1. The van der Waals surface area contributed by atoms with Crippen LogP contribution < -0.4 is 4.74 Å². The van der Waals surface area contributed by atoms with E-state index in [1.807, 2.05) is 0 Å². The summed E-state index contributed by atoms with van der Waals surface area (Å²) in [5.74, 6) is 0.0282. The Morgan fingerprint density at radius 2 is 2.26 bits per heavy atom. The van der Waals surface area contributed by atoms with Crippen LogP contribution >= 0.6 is 0 Å². The van der Waals surface area contributed by atoms with Crippen LogP contribution in [0.2, 0.25) is 0 Å². The van der Waals surface area contributed by atoms with Gasteiger partial charge in [-0.2, -0.15) is 0 Å². The number of carbonyl (C=O) groups is 1. The molecule has 0 unspecified atom stereocenters. The summed E-state index contributed by atoms with van der Waals surface area (Å²) in [6, 6.07) is 2.87. The van der Waals surface area contributed by atoms with Crippen molar-refractivity contribution in [3.63, 3.8) is 0 Å². The van der Waals surface area contributed by atoms with Gasteiger partial charge in [0.25, 0.3) is 5.91 Å². The smallest absolute Gasteiger partial charge is 0.256 e. The Bertz CT molecular complexity index is 552. The average molecular weight is 260 g/mol. The van der Waals surface area contributed by atoms with Crippen LogP contribution in [0.25, 0.3) is 0 Å². The molecule has 1 aliphatic heterocycles. The third kappa shape index (κ3) is 2.45. The normalized spacial score (nSPS) is 14.6. The SMILES string of the molecule is C=Nc1cc(O)c(OC)cc1C(=O)N1CCC(=C)C1. The first-order valence-corrected chi connectivity index (χ1v) is 5.90. The van der Waals surface area contributed by atoms with Gasteiger partial charge in [-0.1, -0.05) is 12.2 Å². The van der Waals surface area contributed by atoms with Crippen molar-refractivity contribution in [3.8, 4) is 11.5 Å². The van der Waals surface area contributed by atoms with Crippen molar-refractivity contribution < 1.29 is 14.6 Å². The molecule has 0 aromatic heterocycles. The molecule has 0 saturated carbocycles. The van der Waals surface area contributed by atoms with Gasteiger partial charge in [-0.3, -0.25) is 9.79 Å². The third-order valence-corrected chi connectivity index (χ3v) is 3.13. The minimum atomic E-state index is -0.153. The molecule has 5 heteroatoms. The zero-order valence-electron chi connectivity index (χ0n) is 10.8. The zero-order chi connectivity index (χ0) is 14.0. The minimum Gasteiger partial charge on any atom is -0.504 e. The number of carbonyl (C=O) groups excluding carboxylic acids is 1. The number of benzene rings is 1. The predicted octanol–water partition coefficient (Wildman–Crippen LogP) is 2.13. The lowest BCUT2D eigenvalue weighted by Crippen LogP contribution is -2.27. The molecule has 5 nitrogen and oxygen atoms in total. The van der Waals surface area contributed by atoms with Crippen LogP contribution in [0.1, 0.15) is 16.8 Å². The van der Waals surface area contributed by atoms with Gasteiger partial charge in [-0.15, -0.1) is 0 Å². The first-order valence-electron chi connectivity index (χ1n) is 5.90. The molecule has 0 bridgehead atoms. The fraction of sp³-hybridized carbons (Fsp3) is 0.286. The monoisotopic (exact) mass is 260 g/mol. The molecule has 0 radical (unpaired) electrons. The van der Waals surface area contributed by atoms with Crippen LogP contribution in [0.3, 0.4) is 0 Å². The number of hydrogen-bond donors (Lipinski definition) is 1. The summed E-state index contributed by atoms with van der Waals surface area (Å²) < 4.78 is 5.02. The highest BCUT2D eigenvalue weighted by atomic mass is 16.5. The standard InChI is InChI=1S/C14H16N2O3/c1-9-4-5-16(8-9)14(18)10-6-13(19-3)12(17)7-11(10)15-2/h6-7,17H,1-2,4-5,8H2,3H3. The molecule has 1 aliphatic rings. The maximum atomic E-state index is 12.4. The van der Waals surface area contributed by atoms with Crippen LogP contribution in [-0.2, 0) is 0 Å². The molecule has 1 amide bonds. The van der Waals surface area contributed by atoms with E-state index in [-0.39, 0.29) is 17.4 Å². The van der Waals surface area contributed by atoms with Gasteiger partial charge < -0.3 is 14.7 Å². The number of hydrogen-bond acceptors (Lipinski definition) is 4. The number of aliphatic imine (C=N–C) groups is 1. The van der Waals surface area contributed by atoms with E-state index in [1.54, 1.807) is 4.90 Å². The highest BCUT2D eigenvalue weighted by molar-refractivity contribution is 6.00. The number of nitrogens with zero attached hydrogens (tertiary/aromatic N) is 2. The van der Waals surface area contributed by atoms with Crippen molar-refractivity contribution in [1.29, 1.82) is 0 Å². The van der Waals surface area contributed by atoms with Gasteiger partial charge in [0.15, 0.2) is 11.5 Å². The maximum absolute atomic E-state index is 12.4. The second kappa shape index (κ2) is 5.14. The molecule has 2 rings (SSSR count). The van der Waals surface area contributed by atoms with E-state index in [2.05, 4.69) is 18.3 Å². The van der Waals surface area contributed by atoms with Gasteiger partial charge in [0.1, 0.15) is 0 Å². The number of methoxy groups -OCH3 is 1. The molecular formula is C14H16N2O3. The number of phenols is 1. The first kappa shape index (κ1) is 13.1. The molecule has 19 heavy (non-hydrogen) atoms. The van der Waals surface area contributed by atoms with Gasteiger partial charge in [0, 0.05) is 19.2 Å². The van der Waals surface area contributed by atoms with E-state index in [1.165, 1.54) is 19.2 Å². The largest absolute Gasteiger partial charge is 0.504 e. The predicted molar refractivity (Wildman–Crippen MR) is 73.5 cm³/mol. The second-order valence-electron chi connectivity index (χ2n) is 4.43. The molecule has 1 aromatic rings. The molecule has 1 aromatic carbocycles.